The van der Waals surface area contributed by atoms with Crippen LogP contribution in [0.1, 0.15) is 43.3 Å². The predicted octanol–water partition coefficient (Wildman–Crippen LogP) is 4.98. The number of allylic oxidation sites excluding steroid dienone is 1. The zero-order chi connectivity index (χ0) is 26.4. The van der Waals surface area contributed by atoms with Crippen LogP contribution >= 0.6 is 0 Å². The first kappa shape index (κ1) is 24.0. The van der Waals surface area contributed by atoms with Crippen molar-refractivity contribution in [1.29, 1.82) is 0 Å². The summed E-state index contributed by atoms with van der Waals surface area (Å²) < 4.78 is 19.8. The number of aromatic nitrogens is 4. The van der Waals surface area contributed by atoms with E-state index in [1.165, 1.54) is 12.1 Å². The largest absolute Gasteiger partial charge is 0.465 e. The number of pyridine rings is 2. The second-order valence-electron chi connectivity index (χ2n) is 9.27. The van der Waals surface area contributed by atoms with E-state index in [4.69, 9.17) is 14.6 Å². The van der Waals surface area contributed by atoms with Gasteiger partial charge in [0.2, 0.25) is 0 Å². The molecule has 0 amide bonds. The molecular formula is C29H26FN5O3. The van der Waals surface area contributed by atoms with E-state index in [0.29, 0.717) is 40.4 Å². The first-order valence-corrected chi connectivity index (χ1v) is 12.4. The third kappa shape index (κ3) is 3.87. The third-order valence-electron chi connectivity index (χ3n) is 6.81. The van der Waals surface area contributed by atoms with Gasteiger partial charge in [-0.2, -0.15) is 4.98 Å². The number of hydroxylamine groups is 1. The Balaban J connectivity index is 1.68. The second-order valence-corrected chi connectivity index (χ2v) is 9.27. The molecule has 8 nitrogen and oxygen atoms in total. The Morgan fingerprint density at radius 3 is 2.66 bits per heavy atom. The Morgan fingerprint density at radius 2 is 1.92 bits per heavy atom. The third-order valence-corrected chi connectivity index (χ3v) is 6.81. The number of rotatable bonds is 6. The second kappa shape index (κ2) is 9.20. The smallest absolute Gasteiger partial charge is 0.294 e. The molecule has 38 heavy (non-hydrogen) atoms. The molecule has 3 N–H and O–H groups in total. The molecule has 0 radical (unpaired) electrons. The van der Waals surface area contributed by atoms with Crippen molar-refractivity contribution in [3.63, 3.8) is 0 Å². The summed E-state index contributed by atoms with van der Waals surface area (Å²) in [4.78, 5) is 22.8. The Labute approximate surface area is 218 Å². The van der Waals surface area contributed by atoms with Crippen LogP contribution in [0.25, 0.3) is 27.5 Å². The lowest BCUT2D eigenvalue weighted by atomic mass is 9.83. The zero-order valence-corrected chi connectivity index (χ0v) is 21.1. The topological polar surface area (TPSA) is 105 Å². The Bertz CT molecular complexity index is 1700. The van der Waals surface area contributed by atoms with Crippen LogP contribution in [0.5, 0.6) is 6.01 Å². The molecule has 0 aliphatic carbocycles. The average Bonchev–Trinajstić information content (AvgIpc) is 3.49. The summed E-state index contributed by atoms with van der Waals surface area (Å²) >= 11 is 0. The van der Waals surface area contributed by atoms with Crippen molar-refractivity contribution < 1.29 is 19.1 Å². The molecular weight excluding hydrogens is 485 g/mol. The number of hydrogen-bond donors (Lipinski definition) is 3. The number of fused-ring (bicyclic) bond motifs is 2. The van der Waals surface area contributed by atoms with Gasteiger partial charge in [-0.3, -0.25) is 4.98 Å². The molecule has 5 aromatic rings. The van der Waals surface area contributed by atoms with E-state index < -0.39 is 11.4 Å². The van der Waals surface area contributed by atoms with Gasteiger partial charge < -0.3 is 19.7 Å². The minimum atomic E-state index is -1.83. The Hall–Kier alpha value is -4.34. The summed E-state index contributed by atoms with van der Waals surface area (Å²) in [6, 6.07) is 17.3. The van der Waals surface area contributed by atoms with E-state index in [-0.39, 0.29) is 11.7 Å². The molecule has 1 aliphatic heterocycles. The summed E-state index contributed by atoms with van der Waals surface area (Å²) in [5, 5.41) is 13.5. The highest BCUT2D eigenvalue weighted by Gasteiger charge is 2.40. The number of halogens is 1. The molecule has 3 aromatic heterocycles. The zero-order valence-electron chi connectivity index (χ0n) is 21.1. The lowest BCUT2D eigenvalue weighted by molar-refractivity contribution is 0.118. The Morgan fingerprint density at radius 1 is 1.08 bits per heavy atom. The van der Waals surface area contributed by atoms with Crippen molar-refractivity contribution in [3.8, 4) is 6.01 Å². The maximum Gasteiger partial charge on any atom is 0.294 e. The van der Waals surface area contributed by atoms with Crippen molar-refractivity contribution in [3.05, 3.63) is 101 Å². The fourth-order valence-electron chi connectivity index (χ4n) is 5.06. The molecule has 192 valence electrons. The van der Waals surface area contributed by atoms with E-state index in [2.05, 4.69) is 20.4 Å². The molecule has 1 aliphatic rings. The van der Waals surface area contributed by atoms with Crippen LogP contribution < -0.4 is 10.2 Å². The number of nitrogens with zero attached hydrogens (tertiary/aromatic N) is 3. The van der Waals surface area contributed by atoms with Crippen LogP contribution in [0.15, 0.2) is 72.6 Å². The summed E-state index contributed by atoms with van der Waals surface area (Å²) in [5.41, 5.74) is 5.61. The van der Waals surface area contributed by atoms with E-state index >= 15 is 0 Å². The number of imidazole rings is 1. The number of H-pyrrole nitrogens is 1. The van der Waals surface area contributed by atoms with Gasteiger partial charge in [0.05, 0.1) is 40.6 Å². The van der Waals surface area contributed by atoms with Crippen molar-refractivity contribution in [2.75, 3.05) is 6.61 Å². The minimum Gasteiger partial charge on any atom is -0.465 e. The quantitative estimate of drug-likeness (QED) is 0.295. The SMILES string of the molecule is CCOc1nc2c(C(O)(c3ccccn3)c3ccc4ccc(F)cc4n3)cc(C3=C(C)ONC3C)cc2[nH]1. The molecule has 0 spiro atoms. The summed E-state index contributed by atoms with van der Waals surface area (Å²) in [7, 11) is 0. The maximum absolute atomic E-state index is 14.1. The molecule has 2 unspecified atom stereocenters. The fraction of sp³-hybridized carbons (Fsp3) is 0.207. The van der Waals surface area contributed by atoms with E-state index in [9.17, 15) is 9.50 Å². The van der Waals surface area contributed by atoms with Crippen LogP contribution in [0.2, 0.25) is 0 Å². The summed E-state index contributed by atoms with van der Waals surface area (Å²) in [6.07, 6.45) is 1.61. The normalized spacial score (nSPS) is 17.1. The van der Waals surface area contributed by atoms with Gasteiger partial charge in [0.15, 0.2) is 5.60 Å². The average molecular weight is 512 g/mol. The van der Waals surface area contributed by atoms with Crippen LogP contribution in [0, 0.1) is 5.82 Å². The number of benzene rings is 2. The van der Waals surface area contributed by atoms with E-state index in [0.717, 1.165) is 22.3 Å². The predicted molar refractivity (Wildman–Crippen MR) is 142 cm³/mol. The standard InChI is InChI=1S/C29H26FN5O3/c1-4-37-28-33-23-14-19(26-16(2)35-38-17(26)3)13-21(27(23)34-28)29(36,24-7-5-6-12-31-24)25-11-9-18-8-10-20(30)15-22(18)32-25/h5-16,35-36H,4H2,1-3H3,(H,33,34). The van der Waals surface area contributed by atoms with Gasteiger partial charge in [-0.15, -0.1) is 5.48 Å². The Kier molecular flexibility index (Phi) is 5.81. The van der Waals surface area contributed by atoms with Gasteiger partial charge in [-0.1, -0.05) is 12.1 Å². The molecule has 0 fully saturated rings. The number of hydrogen-bond acceptors (Lipinski definition) is 7. The summed E-state index contributed by atoms with van der Waals surface area (Å²) in [5.74, 6) is 0.319. The van der Waals surface area contributed by atoms with Gasteiger partial charge in [0, 0.05) is 28.8 Å². The van der Waals surface area contributed by atoms with Crippen LogP contribution in [0.3, 0.4) is 0 Å². The number of ether oxygens (including phenoxy) is 1. The van der Waals surface area contributed by atoms with Gasteiger partial charge in [0.1, 0.15) is 11.6 Å². The minimum absolute atomic E-state index is 0.0840. The first-order valence-electron chi connectivity index (χ1n) is 12.4. The fourth-order valence-corrected chi connectivity index (χ4v) is 5.06. The van der Waals surface area contributed by atoms with Crippen molar-refractivity contribution in [2.45, 2.75) is 32.4 Å². The van der Waals surface area contributed by atoms with Crippen LogP contribution in [-0.2, 0) is 10.4 Å². The van der Waals surface area contributed by atoms with E-state index in [1.54, 1.807) is 36.5 Å². The molecule has 9 heteroatoms. The van der Waals surface area contributed by atoms with E-state index in [1.807, 2.05) is 39.0 Å². The highest BCUT2D eigenvalue weighted by atomic mass is 19.1. The molecule has 0 saturated heterocycles. The monoisotopic (exact) mass is 511 g/mol. The van der Waals surface area contributed by atoms with Gasteiger partial charge >= 0.3 is 0 Å². The van der Waals surface area contributed by atoms with Crippen molar-refractivity contribution in [2.24, 2.45) is 0 Å². The van der Waals surface area contributed by atoms with Crippen molar-refractivity contribution >= 4 is 27.5 Å². The number of nitrogens with one attached hydrogen (secondary N) is 2. The summed E-state index contributed by atoms with van der Waals surface area (Å²) in [6.45, 7) is 6.18. The lowest BCUT2D eigenvalue weighted by Gasteiger charge is -2.29. The van der Waals surface area contributed by atoms with Crippen molar-refractivity contribution in [1.82, 2.24) is 25.4 Å². The maximum atomic E-state index is 14.1. The van der Waals surface area contributed by atoms with Crippen LogP contribution in [0.4, 0.5) is 4.39 Å². The molecule has 4 heterocycles. The van der Waals surface area contributed by atoms with Gasteiger partial charge in [0.25, 0.3) is 6.01 Å². The molecule has 6 rings (SSSR count). The van der Waals surface area contributed by atoms with Crippen LogP contribution in [-0.4, -0.2) is 37.7 Å². The highest BCUT2D eigenvalue weighted by molar-refractivity contribution is 5.88. The molecule has 0 saturated carbocycles. The molecule has 2 atom stereocenters. The number of aliphatic hydroxyl groups is 1. The lowest BCUT2D eigenvalue weighted by Crippen LogP contribution is -2.32. The molecule has 0 bridgehead atoms. The first-order chi connectivity index (χ1) is 18.4. The van der Waals surface area contributed by atoms with Gasteiger partial charge in [-0.05, 0) is 68.8 Å². The molecule has 2 aromatic carbocycles. The highest BCUT2D eigenvalue weighted by Crippen LogP contribution is 2.41. The number of aromatic amines is 1. The van der Waals surface area contributed by atoms with Gasteiger partial charge in [-0.25, -0.2) is 9.37 Å².